The molecule has 0 atom stereocenters. The van der Waals surface area contributed by atoms with Gasteiger partial charge in [0.1, 0.15) is 18.2 Å². The summed E-state index contributed by atoms with van der Waals surface area (Å²) < 4.78 is 19.5. The molecule has 0 saturated heterocycles. The summed E-state index contributed by atoms with van der Waals surface area (Å²) in [6, 6.07) is 8.64. The van der Waals surface area contributed by atoms with E-state index < -0.39 is 0 Å². The zero-order valence-electron chi connectivity index (χ0n) is 12.5. The minimum Gasteiger partial charge on any atom is -0.488 e. The smallest absolute Gasteiger partial charge is 0.129 e. The number of aryl methyl sites for hydroxylation is 2. The molecule has 0 saturated carbocycles. The maximum atomic E-state index is 13.7. The van der Waals surface area contributed by atoms with Gasteiger partial charge in [-0.1, -0.05) is 23.7 Å². The van der Waals surface area contributed by atoms with Crippen LogP contribution < -0.4 is 10.1 Å². The monoisotopic (exact) mass is 307 g/mol. The first-order chi connectivity index (χ1) is 10.0. The van der Waals surface area contributed by atoms with Crippen LogP contribution in [0.25, 0.3) is 0 Å². The highest BCUT2D eigenvalue weighted by atomic mass is 35.5. The van der Waals surface area contributed by atoms with Crippen molar-refractivity contribution in [1.29, 1.82) is 0 Å². The molecule has 0 unspecified atom stereocenters. The Labute approximate surface area is 129 Å². The summed E-state index contributed by atoms with van der Waals surface area (Å²) in [6.45, 7) is 4.97. The van der Waals surface area contributed by atoms with Gasteiger partial charge in [-0.25, -0.2) is 4.39 Å². The van der Waals surface area contributed by atoms with E-state index in [1.807, 2.05) is 20.9 Å². The molecule has 0 aliphatic carbocycles. The van der Waals surface area contributed by atoms with Crippen LogP contribution in [0.15, 0.2) is 30.3 Å². The lowest BCUT2D eigenvalue weighted by Crippen LogP contribution is -2.07. The Balaban J connectivity index is 2.18. The Morgan fingerprint density at radius 1 is 1.14 bits per heavy atom. The van der Waals surface area contributed by atoms with Crippen LogP contribution in [0.1, 0.15) is 22.3 Å². The van der Waals surface area contributed by atoms with Crippen molar-refractivity contribution >= 4 is 11.6 Å². The Kier molecular flexibility index (Phi) is 5.21. The summed E-state index contributed by atoms with van der Waals surface area (Å²) in [6.07, 6.45) is 0. The second kappa shape index (κ2) is 6.92. The summed E-state index contributed by atoms with van der Waals surface area (Å²) in [5.74, 6) is 0.496. The Hall–Kier alpha value is -1.58. The molecule has 0 amide bonds. The number of hydrogen-bond donors (Lipinski definition) is 1. The highest BCUT2D eigenvalue weighted by molar-refractivity contribution is 6.30. The fraction of sp³-hybridized carbons (Fsp3) is 0.294. The third-order valence-corrected chi connectivity index (χ3v) is 3.52. The number of halogens is 2. The van der Waals surface area contributed by atoms with Gasteiger partial charge in [-0.05, 0) is 55.8 Å². The van der Waals surface area contributed by atoms with E-state index in [1.54, 1.807) is 6.07 Å². The van der Waals surface area contributed by atoms with Crippen LogP contribution in [-0.4, -0.2) is 7.05 Å². The van der Waals surface area contributed by atoms with E-state index in [0.717, 1.165) is 23.4 Å². The minimum atomic E-state index is -0.304. The quantitative estimate of drug-likeness (QED) is 0.884. The van der Waals surface area contributed by atoms with Crippen molar-refractivity contribution in [3.05, 3.63) is 63.4 Å². The Bertz CT molecular complexity index is 620. The molecule has 112 valence electrons. The van der Waals surface area contributed by atoms with Gasteiger partial charge in [0.25, 0.3) is 0 Å². The van der Waals surface area contributed by atoms with Crippen LogP contribution in [0, 0.1) is 19.7 Å². The predicted octanol–water partition coefficient (Wildman–Crippen LogP) is 4.39. The average Bonchev–Trinajstić information content (AvgIpc) is 2.42. The van der Waals surface area contributed by atoms with Gasteiger partial charge in [-0.15, -0.1) is 0 Å². The van der Waals surface area contributed by atoms with Crippen molar-refractivity contribution in [2.75, 3.05) is 7.05 Å². The standard InChI is InChI=1S/C17H19ClFNO/c1-11-6-13(9-20-3)7-12(2)17(11)21-10-14-8-15(18)4-5-16(14)19/h4-8,20H,9-10H2,1-3H3. The summed E-state index contributed by atoms with van der Waals surface area (Å²) in [4.78, 5) is 0. The van der Waals surface area contributed by atoms with Crippen molar-refractivity contribution < 1.29 is 9.13 Å². The summed E-state index contributed by atoms with van der Waals surface area (Å²) in [5, 5.41) is 3.63. The summed E-state index contributed by atoms with van der Waals surface area (Å²) in [7, 11) is 1.91. The summed E-state index contributed by atoms with van der Waals surface area (Å²) in [5.41, 5.74) is 3.75. The SMILES string of the molecule is CNCc1cc(C)c(OCc2cc(Cl)ccc2F)c(C)c1. The van der Waals surface area contributed by atoms with Gasteiger partial charge < -0.3 is 10.1 Å². The van der Waals surface area contributed by atoms with E-state index in [0.29, 0.717) is 10.6 Å². The van der Waals surface area contributed by atoms with Gasteiger partial charge in [0.2, 0.25) is 0 Å². The second-order valence-electron chi connectivity index (χ2n) is 5.11. The molecule has 4 heteroatoms. The van der Waals surface area contributed by atoms with E-state index in [4.69, 9.17) is 16.3 Å². The van der Waals surface area contributed by atoms with Gasteiger partial charge >= 0.3 is 0 Å². The molecule has 0 bridgehead atoms. The maximum absolute atomic E-state index is 13.7. The molecule has 21 heavy (non-hydrogen) atoms. The van der Waals surface area contributed by atoms with Crippen LogP contribution in [-0.2, 0) is 13.2 Å². The largest absolute Gasteiger partial charge is 0.488 e. The normalized spacial score (nSPS) is 10.7. The van der Waals surface area contributed by atoms with Crippen LogP contribution in [0.4, 0.5) is 4.39 Å². The lowest BCUT2D eigenvalue weighted by Gasteiger charge is -2.14. The number of nitrogens with one attached hydrogen (secondary N) is 1. The molecule has 2 aromatic rings. The molecule has 0 aliphatic rings. The molecule has 2 rings (SSSR count). The highest BCUT2D eigenvalue weighted by Crippen LogP contribution is 2.26. The van der Waals surface area contributed by atoms with Crippen molar-refractivity contribution in [1.82, 2.24) is 5.32 Å². The first-order valence-electron chi connectivity index (χ1n) is 6.82. The van der Waals surface area contributed by atoms with Crippen LogP contribution in [0.3, 0.4) is 0 Å². The molecular formula is C17H19ClFNO. The van der Waals surface area contributed by atoms with E-state index in [1.165, 1.54) is 17.7 Å². The van der Waals surface area contributed by atoms with Gasteiger partial charge in [-0.2, -0.15) is 0 Å². The third-order valence-electron chi connectivity index (χ3n) is 3.28. The molecule has 2 aromatic carbocycles. The van der Waals surface area contributed by atoms with Crippen molar-refractivity contribution in [3.8, 4) is 5.75 Å². The van der Waals surface area contributed by atoms with Gasteiger partial charge in [0, 0.05) is 17.1 Å². The van der Waals surface area contributed by atoms with Gasteiger partial charge in [0.15, 0.2) is 0 Å². The zero-order chi connectivity index (χ0) is 15.4. The van der Waals surface area contributed by atoms with Crippen LogP contribution in [0.5, 0.6) is 5.75 Å². The van der Waals surface area contributed by atoms with Gasteiger partial charge in [-0.3, -0.25) is 0 Å². The van der Waals surface area contributed by atoms with E-state index in [-0.39, 0.29) is 12.4 Å². The molecule has 0 aliphatic heterocycles. The lowest BCUT2D eigenvalue weighted by molar-refractivity contribution is 0.295. The number of ether oxygens (including phenoxy) is 1. The van der Waals surface area contributed by atoms with E-state index in [2.05, 4.69) is 17.4 Å². The number of rotatable bonds is 5. The third kappa shape index (κ3) is 3.96. The lowest BCUT2D eigenvalue weighted by atomic mass is 10.1. The van der Waals surface area contributed by atoms with E-state index in [9.17, 15) is 4.39 Å². The van der Waals surface area contributed by atoms with Crippen LogP contribution >= 0.6 is 11.6 Å². The maximum Gasteiger partial charge on any atom is 0.129 e. The summed E-state index contributed by atoms with van der Waals surface area (Å²) >= 11 is 5.89. The van der Waals surface area contributed by atoms with Gasteiger partial charge in [0.05, 0.1) is 0 Å². The van der Waals surface area contributed by atoms with Crippen molar-refractivity contribution in [2.45, 2.75) is 27.0 Å². The molecule has 0 spiro atoms. The molecule has 0 fully saturated rings. The average molecular weight is 308 g/mol. The zero-order valence-corrected chi connectivity index (χ0v) is 13.2. The first kappa shape index (κ1) is 15.8. The Morgan fingerprint density at radius 2 is 1.81 bits per heavy atom. The molecule has 2 nitrogen and oxygen atoms in total. The fourth-order valence-electron chi connectivity index (χ4n) is 2.38. The Morgan fingerprint density at radius 3 is 2.43 bits per heavy atom. The number of benzene rings is 2. The number of hydrogen-bond acceptors (Lipinski definition) is 2. The predicted molar refractivity (Wildman–Crippen MR) is 84.4 cm³/mol. The molecule has 1 N–H and O–H groups in total. The molecule has 0 aromatic heterocycles. The fourth-order valence-corrected chi connectivity index (χ4v) is 2.57. The van der Waals surface area contributed by atoms with Crippen LogP contribution in [0.2, 0.25) is 5.02 Å². The minimum absolute atomic E-state index is 0.166. The first-order valence-corrected chi connectivity index (χ1v) is 7.20. The van der Waals surface area contributed by atoms with Crippen molar-refractivity contribution in [3.63, 3.8) is 0 Å². The molecular weight excluding hydrogens is 289 g/mol. The highest BCUT2D eigenvalue weighted by Gasteiger charge is 2.09. The van der Waals surface area contributed by atoms with E-state index >= 15 is 0 Å². The van der Waals surface area contributed by atoms with Crippen molar-refractivity contribution in [2.24, 2.45) is 0 Å². The molecule has 0 radical (unpaired) electrons. The second-order valence-corrected chi connectivity index (χ2v) is 5.55. The topological polar surface area (TPSA) is 21.3 Å². The molecule has 0 heterocycles.